The van der Waals surface area contributed by atoms with Crippen LogP contribution in [0.15, 0.2) is 29.8 Å². The van der Waals surface area contributed by atoms with E-state index in [1.807, 2.05) is 18.2 Å². The zero-order chi connectivity index (χ0) is 25.1. The maximum Gasteiger partial charge on any atom is 0.192 e. The summed E-state index contributed by atoms with van der Waals surface area (Å²) in [5, 5.41) is 11.0. The third-order valence-electron chi connectivity index (χ3n) is 5.77. The number of unbranched alkanes of at least 4 members (excludes halogenated alkanes) is 2. The minimum atomic E-state index is -1.87. The Bertz CT molecular complexity index is 897. The Morgan fingerprint density at radius 1 is 1.09 bits per heavy atom. The number of rotatable bonds is 9. The summed E-state index contributed by atoms with van der Waals surface area (Å²) in [6.07, 6.45) is 3.82. The number of hydrogen-bond donors (Lipinski definition) is 1. The van der Waals surface area contributed by atoms with Crippen LogP contribution >= 0.6 is 0 Å². The van der Waals surface area contributed by atoms with Crippen molar-refractivity contribution < 1.29 is 14.3 Å². The topological polar surface area (TPSA) is 38.7 Å². The van der Waals surface area contributed by atoms with Gasteiger partial charge in [0, 0.05) is 25.7 Å². The number of aliphatic hydroxyl groups is 1. The normalized spacial score (nSPS) is 13.6. The molecule has 1 N–H and O–H groups in total. The van der Waals surface area contributed by atoms with E-state index in [4.69, 9.17) is 9.16 Å². The van der Waals surface area contributed by atoms with Gasteiger partial charge in [0.25, 0.3) is 0 Å². The number of benzene rings is 1. The van der Waals surface area contributed by atoms with Gasteiger partial charge in [-0.2, -0.15) is 0 Å². The van der Waals surface area contributed by atoms with Gasteiger partial charge in [0.15, 0.2) is 8.32 Å². The van der Waals surface area contributed by atoms with Gasteiger partial charge in [-0.25, -0.2) is 0 Å². The summed E-state index contributed by atoms with van der Waals surface area (Å²) < 4.78 is 11.6. The highest BCUT2D eigenvalue weighted by Crippen LogP contribution is 2.37. The molecule has 182 valence electrons. The molecule has 1 aromatic carbocycles. The number of ether oxygens (including phenoxy) is 1. The van der Waals surface area contributed by atoms with Crippen LogP contribution in [0.5, 0.6) is 0 Å². The molecule has 0 aromatic heterocycles. The number of aliphatic hydroxyl groups excluding tert-OH is 1. The van der Waals surface area contributed by atoms with Crippen LogP contribution in [-0.4, -0.2) is 41.3 Å². The van der Waals surface area contributed by atoms with Crippen LogP contribution in [0.1, 0.15) is 51.2 Å². The van der Waals surface area contributed by atoms with Crippen LogP contribution in [0.2, 0.25) is 37.8 Å². The van der Waals surface area contributed by atoms with Gasteiger partial charge < -0.3 is 14.3 Å². The SMILES string of the molecule is COCCCCC#C/C(=C\c1ccccc1CO[Si](C)(C)C(C)(C)C)C(O)C#C[Si](C)(C)C. The molecule has 0 fully saturated rings. The highest BCUT2D eigenvalue weighted by Gasteiger charge is 2.37. The Hall–Kier alpha value is -1.61. The Morgan fingerprint density at radius 2 is 1.76 bits per heavy atom. The molecule has 0 radical (unpaired) electrons. The smallest absolute Gasteiger partial charge is 0.192 e. The molecule has 1 atom stereocenters. The third-order valence-corrected chi connectivity index (χ3v) is 11.1. The maximum absolute atomic E-state index is 10.9. The zero-order valence-electron chi connectivity index (χ0n) is 22.3. The largest absolute Gasteiger partial charge is 0.413 e. The molecule has 0 saturated carbocycles. The summed E-state index contributed by atoms with van der Waals surface area (Å²) in [5.41, 5.74) is 6.05. The van der Waals surface area contributed by atoms with Crippen molar-refractivity contribution in [2.75, 3.05) is 13.7 Å². The highest BCUT2D eigenvalue weighted by atomic mass is 28.4. The minimum Gasteiger partial charge on any atom is -0.413 e. The van der Waals surface area contributed by atoms with Crippen molar-refractivity contribution in [2.45, 2.75) is 90.5 Å². The molecule has 3 nitrogen and oxygen atoms in total. The van der Waals surface area contributed by atoms with Crippen LogP contribution < -0.4 is 0 Å². The van der Waals surface area contributed by atoms with E-state index in [-0.39, 0.29) is 5.04 Å². The zero-order valence-corrected chi connectivity index (χ0v) is 24.3. The molecule has 5 heteroatoms. The first-order valence-electron chi connectivity index (χ1n) is 11.9. The van der Waals surface area contributed by atoms with Crippen LogP contribution in [0.4, 0.5) is 0 Å². The predicted molar refractivity (Wildman–Crippen MR) is 147 cm³/mol. The molecule has 0 spiro atoms. The number of methoxy groups -OCH3 is 1. The van der Waals surface area contributed by atoms with Gasteiger partial charge in [0.2, 0.25) is 0 Å². The first-order valence-corrected chi connectivity index (χ1v) is 18.3. The molecule has 0 aliphatic carbocycles. The molecule has 0 saturated heterocycles. The summed E-state index contributed by atoms with van der Waals surface area (Å²) in [6, 6.07) is 8.19. The summed E-state index contributed by atoms with van der Waals surface area (Å²) in [7, 11) is -1.75. The molecule has 0 bridgehead atoms. The summed E-state index contributed by atoms with van der Waals surface area (Å²) in [4.78, 5) is 0. The van der Waals surface area contributed by atoms with Gasteiger partial charge in [-0.1, -0.05) is 82.4 Å². The average Bonchev–Trinajstić information content (AvgIpc) is 2.71. The van der Waals surface area contributed by atoms with Gasteiger partial charge in [-0.3, -0.25) is 0 Å². The van der Waals surface area contributed by atoms with E-state index in [0.717, 1.165) is 37.0 Å². The Kier molecular flexibility index (Phi) is 11.9. The lowest BCUT2D eigenvalue weighted by atomic mass is 10.0. The average molecular weight is 485 g/mol. The van der Waals surface area contributed by atoms with Gasteiger partial charge in [-0.15, -0.1) is 5.54 Å². The van der Waals surface area contributed by atoms with Crippen LogP contribution in [0.3, 0.4) is 0 Å². The highest BCUT2D eigenvalue weighted by molar-refractivity contribution is 6.83. The quantitative estimate of drug-likeness (QED) is 0.242. The Balaban J connectivity index is 3.22. The van der Waals surface area contributed by atoms with Crippen molar-refractivity contribution in [1.82, 2.24) is 0 Å². The molecule has 0 aliphatic heterocycles. The second kappa shape index (κ2) is 13.3. The lowest BCUT2D eigenvalue weighted by Crippen LogP contribution is -2.40. The molecular formula is C28H44O3Si2. The lowest BCUT2D eigenvalue weighted by Gasteiger charge is -2.36. The molecule has 0 heterocycles. The van der Waals surface area contributed by atoms with Crippen molar-refractivity contribution in [2.24, 2.45) is 0 Å². The van der Waals surface area contributed by atoms with Crippen molar-refractivity contribution in [3.05, 3.63) is 41.0 Å². The third kappa shape index (κ3) is 11.4. The second-order valence-corrected chi connectivity index (χ2v) is 20.6. The summed E-state index contributed by atoms with van der Waals surface area (Å²) in [6.45, 7) is 19.1. The van der Waals surface area contributed by atoms with Crippen LogP contribution in [0, 0.1) is 23.3 Å². The molecule has 1 aromatic rings. The fourth-order valence-corrected chi connectivity index (χ4v) is 4.14. The van der Waals surface area contributed by atoms with E-state index in [2.05, 4.69) is 88.9 Å². The molecule has 0 aliphatic rings. The maximum atomic E-state index is 10.9. The predicted octanol–water partition coefficient (Wildman–Crippen LogP) is 6.65. The van der Waals surface area contributed by atoms with Gasteiger partial charge >= 0.3 is 0 Å². The van der Waals surface area contributed by atoms with E-state index in [0.29, 0.717) is 12.2 Å². The van der Waals surface area contributed by atoms with Crippen molar-refractivity contribution in [3.8, 4) is 23.3 Å². The summed E-state index contributed by atoms with van der Waals surface area (Å²) in [5.74, 6) is 9.48. The van der Waals surface area contributed by atoms with Crippen molar-refractivity contribution >= 4 is 22.5 Å². The van der Waals surface area contributed by atoms with Gasteiger partial charge in [0.1, 0.15) is 14.2 Å². The van der Waals surface area contributed by atoms with E-state index < -0.39 is 22.5 Å². The van der Waals surface area contributed by atoms with Crippen molar-refractivity contribution in [3.63, 3.8) is 0 Å². The Morgan fingerprint density at radius 3 is 2.36 bits per heavy atom. The standard InChI is InChI=1S/C28H44O3Si2/c1-28(2,3)33(8,9)31-23-26-18-14-13-16-24(26)22-25(17-12-10-11-15-20-30-4)27(29)19-21-32(5,6)7/h13-14,16,18,22,27,29H,10-11,15,20,23H2,1-9H3/b25-22+. The van der Waals surface area contributed by atoms with Crippen molar-refractivity contribution in [1.29, 1.82) is 0 Å². The fraction of sp³-hybridized carbons (Fsp3) is 0.571. The first kappa shape index (κ1) is 29.4. The second-order valence-electron chi connectivity index (χ2n) is 11.0. The molecule has 33 heavy (non-hydrogen) atoms. The lowest BCUT2D eigenvalue weighted by molar-refractivity contribution is 0.193. The monoisotopic (exact) mass is 484 g/mol. The summed E-state index contributed by atoms with van der Waals surface area (Å²) >= 11 is 0. The van der Waals surface area contributed by atoms with Gasteiger partial charge in [-0.05, 0) is 48.2 Å². The molecule has 1 rings (SSSR count). The molecular weight excluding hydrogens is 440 g/mol. The first-order chi connectivity index (χ1) is 15.3. The van der Waals surface area contributed by atoms with E-state index in [1.54, 1.807) is 7.11 Å². The van der Waals surface area contributed by atoms with Gasteiger partial charge in [0.05, 0.1) is 6.61 Å². The van der Waals surface area contributed by atoms with Crippen LogP contribution in [0.25, 0.3) is 6.08 Å². The Labute approximate surface area is 205 Å². The van der Waals surface area contributed by atoms with Crippen LogP contribution in [-0.2, 0) is 15.8 Å². The van der Waals surface area contributed by atoms with E-state index in [1.165, 1.54) is 0 Å². The van der Waals surface area contributed by atoms with E-state index >= 15 is 0 Å². The molecule has 1 unspecified atom stereocenters. The number of hydrogen-bond acceptors (Lipinski definition) is 3. The molecule has 0 amide bonds. The fourth-order valence-electron chi connectivity index (χ4n) is 2.62. The van der Waals surface area contributed by atoms with E-state index in [9.17, 15) is 5.11 Å². The minimum absolute atomic E-state index is 0.153.